The van der Waals surface area contributed by atoms with Gasteiger partial charge in [0.05, 0.1) is 13.2 Å². The Morgan fingerprint density at radius 1 is 0.941 bits per heavy atom. The fraction of sp³-hybridized carbons (Fsp3) is 0.222. The third-order valence-corrected chi connectivity index (χ3v) is 5.95. The number of hydrogen-bond acceptors (Lipinski definition) is 6. The van der Waals surface area contributed by atoms with Crippen molar-refractivity contribution in [3.05, 3.63) is 83.7 Å². The van der Waals surface area contributed by atoms with Gasteiger partial charge in [0.15, 0.2) is 5.82 Å². The number of morpholine rings is 1. The van der Waals surface area contributed by atoms with Crippen LogP contribution in [0.2, 0.25) is 0 Å². The second kappa shape index (κ2) is 9.49. The van der Waals surface area contributed by atoms with Gasteiger partial charge in [0.25, 0.3) is 11.8 Å². The van der Waals surface area contributed by atoms with Crippen molar-refractivity contribution in [1.29, 1.82) is 0 Å². The number of anilines is 2. The van der Waals surface area contributed by atoms with Crippen molar-refractivity contribution in [3.63, 3.8) is 0 Å². The van der Waals surface area contributed by atoms with Crippen molar-refractivity contribution in [2.24, 2.45) is 0 Å². The Labute approximate surface area is 198 Å². The number of benzene rings is 3. The van der Waals surface area contributed by atoms with Crippen molar-refractivity contribution in [2.75, 3.05) is 36.5 Å². The van der Waals surface area contributed by atoms with E-state index in [0.717, 1.165) is 59.9 Å². The highest BCUT2D eigenvalue weighted by Crippen LogP contribution is 2.28. The molecular formula is C27H26N4O3. The quantitative estimate of drug-likeness (QED) is 0.451. The molecule has 0 saturated carbocycles. The molecule has 0 radical (unpaired) electrons. The van der Waals surface area contributed by atoms with Crippen molar-refractivity contribution < 1.29 is 14.1 Å². The van der Waals surface area contributed by atoms with E-state index in [2.05, 4.69) is 26.4 Å². The predicted molar refractivity (Wildman–Crippen MR) is 132 cm³/mol. The second-order valence-corrected chi connectivity index (χ2v) is 8.36. The van der Waals surface area contributed by atoms with E-state index in [1.54, 1.807) is 6.92 Å². The van der Waals surface area contributed by atoms with E-state index in [9.17, 15) is 4.79 Å². The maximum absolute atomic E-state index is 13.1. The van der Waals surface area contributed by atoms with Gasteiger partial charge in [-0.2, -0.15) is 4.98 Å². The third kappa shape index (κ3) is 4.70. The Morgan fingerprint density at radius 2 is 1.71 bits per heavy atom. The normalized spacial score (nSPS) is 13.6. The van der Waals surface area contributed by atoms with Crippen molar-refractivity contribution in [2.45, 2.75) is 13.8 Å². The summed E-state index contributed by atoms with van der Waals surface area (Å²) in [5, 5.41) is 6.89. The molecule has 0 spiro atoms. The average Bonchev–Trinajstić information content (AvgIpc) is 3.31. The number of aromatic nitrogens is 2. The first-order chi connectivity index (χ1) is 16.6. The van der Waals surface area contributed by atoms with E-state index >= 15 is 0 Å². The van der Waals surface area contributed by atoms with Crippen molar-refractivity contribution >= 4 is 17.3 Å². The number of nitrogens with one attached hydrogen (secondary N) is 1. The Morgan fingerprint density at radius 3 is 2.44 bits per heavy atom. The zero-order chi connectivity index (χ0) is 23.5. The van der Waals surface area contributed by atoms with Crippen LogP contribution in [0.25, 0.3) is 22.6 Å². The smallest absolute Gasteiger partial charge is 0.257 e. The molecule has 1 aliphatic heterocycles. The van der Waals surface area contributed by atoms with E-state index in [1.807, 2.05) is 67.6 Å². The molecule has 172 valence electrons. The van der Waals surface area contributed by atoms with Gasteiger partial charge in [-0.05, 0) is 73.0 Å². The number of hydrogen-bond donors (Lipinski definition) is 1. The molecule has 1 aliphatic rings. The van der Waals surface area contributed by atoms with E-state index in [0.29, 0.717) is 17.3 Å². The molecule has 4 aromatic rings. The lowest BCUT2D eigenvalue weighted by Gasteiger charge is -2.29. The summed E-state index contributed by atoms with van der Waals surface area (Å²) in [5.41, 5.74) is 6.43. The molecule has 1 N–H and O–H groups in total. The molecule has 7 heteroatoms. The maximum Gasteiger partial charge on any atom is 0.257 e. The topological polar surface area (TPSA) is 80.5 Å². The molecule has 1 amide bonds. The lowest BCUT2D eigenvalue weighted by atomic mass is 9.97. The van der Waals surface area contributed by atoms with Gasteiger partial charge >= 0.3 is 0 Å². The molecule has 0 atom stereocenters. The lowest BCUT2D eigenvalue weighted by Crippen LogP contribution is -2.36. The molecule has 1 aromatic heterocycles. The van der Waals surface area contributed by atoms with E-state index in [-0.39, 0.29) is 5.91 Å². The number of nitrogens with zero attached hydrogens (tertiary/aromatic N) is 3. The summed E-state index contributed by atoms with van der Waals surface area (Å²) in [6.07, 6.45) is 0. The van der Waals surface area contributed by atoms with Crippen LogP contribution in [-0.2, 0) is 4.74 Å². The van der Waals surface area contributed by atoms with Gasteiger partial charge in [0.2, 0.25) is 0 Å². The van der Waals surface area contributed by atoms with Crippen LogP contribution >= 0.6 is 0 Å². The standard InChI is InChI=1S/C27H26N4O3/c1-18-6-7-22(16-25(18)20-8-10-21(11-9-20)27-28-19(2)30-34-27)26(32)29-23-4-3-5-24(17-23)31-12-14-33-15-13-31/h3-11,16-17H,12-15H2,1-2H3,(H,29,32). The summed E-state index contributed by atoms with van der Waals surface area (Å²) < 4.78 is 10.7. The largest absolute Gasteiger partial charge is 0.378 e. The number of aryl methyl sites for hydroxylation is 2. The first kappa shape index (κ1) is 21.9. The molecular weight excluding hydrogens is 428 g/mol. The van der Waals surface area contributed by atoms with Crippen LogP contribution in [0.3, 0.4) is 0 Å². The fourth-order valence-corrected chi connectivity index (χ4v) is 4.09. The van der Waals surface area contributed by atoms with Gasteiger partial charge in [-0.3, -0.25) is 4.79 Å². The fourth-order valence-electron chi connectivity index (χ4n) is 4.09. The molecule has 5 rings (SSSR count). The van der Waals surface area contributed by atoms with Gasteiger partial charge in [-0.15, -0.1) is 0 Å². The first-order valence-corrected chi connectivity index (χ1v) is 11.3. The van der Waals surface area contributed by atoms with E-state index in [1.165, 1.54) is 0 Å². The van der Waals surface area contributed by atoms with Crippen LogP contribution in [0.4, 0.5) is 11.4 Å². The summed E-state index contributed by atoms with van der Waals surface area (Å²) in [6.45, 7) is 6.97. The predicted octanol–water partition coefficient (Wildman–Crippen LogP) is 5.11. The van der Waals surface area contributed by atoms with E-state index < -0.39 is 0 Å². The van der Waals surface area contributed by atoms with Crippen LogP contribution in [-0.4, -0.2) is 42.4 Å². The van der Waals surface area contributed by atoms with Crippen LogP contribution in [0.1, 0.15) is 21.7 Å². The number of ether oxygens (including phenoxy) is 1. The summed E-state index contributed by atoms with van der Waals surface area (Å²) in [5.74, 6) is 0.954. The maximum atomic E-state index is 13.1. The lowest BCUT2D eigenvalue weighted by molar-refractivity contribution is 0.102. The Bertz CT molecular complexity index is 1310. The molecule has 1 fully saturated rings. The average molecular weight is 455 g/mol. The molecule has 0 unspecified atom stereocenters. The number of carbonyl (C=O) groups excluding carboxylic acids is 1. The molecule has 0 aliphatic carbocycles. The van der Waals surface area contributed by atoms with Gasteiger partial charge in [0, 0.05) is 35.6 Å². The van der Waals surface area contributed by atoms with Crippen LogP contribution in [0.5, 0.6) is 0 Å². The summed E-state index contributed by atoms with van der Waals surface area (Å²) in [4.78, 5) is 19.6. The van der Waals surface area contributed by atoms with Crippen LogP contribution in [0.15, 0.2) is 71.3 Å². The van der Waals surface area contributed by atoms with Gasteiger partial charge in [-0.25, -0.2) is 0 Å². The summed E-state index contributed by atoms with van der Waals surface area (Å²) >= 11 is 0. The molecule has 34 heavy (non-hydrogen) atoms. The molecule has 3 aromatic carbocycles. The minimum atomic E-state index is -0.140. The van der Waals surface area contributed by atoms with Crippen LogP contribution < -0.4 is 10.2 Å². The molecule has 0 bridgehead atoms. The highest BCUT2D eigenvalue weighted by atomic mass is 16.5. The van der Waals surface area contributed by atoms with E-state index in [4.69, 9.17) is 9.26 Å². The third-order valence-electron chi connectivity index (χ3n) is 5.95. The zero-order valence-corrected chi connectivity index (χ0v) is 19.2. The highest BCUT2D eigenvalue weighted by Gasteiger charge is 2.14. The molecule has 7 nitrogen and oxygen atoms in total. The Hall–Kier alpha value is -3.97. The van der Waals surface area contributed by atoms with Crippen molar-refractivity contribution in [1.82, 2.24) is 10.1 Å². The number of carbonyl (C=O) groups is 1. The summed E-state index contributed by atoms with van der Waals surface area (Å²) in [6, 6.07) is 21.6. The molecule has 1 saturated heterocycles. The highest BCUT2D eigenvalue weighted by molar-refractivity contribution is 6.05. The van der Waals surface area contributed by atoms with Gasteiger partial charge in [-0.1, -0.05) is 29.4 Å². The Balaban J connectivity index is 1.35. The van der Waals surface area contributed by atoms with Crippen molar-refractivity contribution in [3.8, 4) is 22.6 Å². The second-order valence-electron chi connectivity index (χ2n) is 8.36. The molecule has 2 heterocycles. The van der Waals surface area contributed by atoms with Gasteiger partial charge < -0.3 is 19.5 Å². The first-order valence-electron chi connectivity index (χ1n) is 11.3. The summed E-state index contributed by atoms with van der Waals surface area (Å²) in [7, 11) is 0. The number of amides is 1. The Kier molecular flexibility index (Phi) is 6.10. The minimum Gasteiger partial charge on any atom is -0.378 e. The van der Waals surface area contributed by atoms with Gasteiger partial charge in [0.1, 0.15) is 0 Å². The SMILES string of the molecule is Cc1noc(-c2ccc(-c3cc(C(=O)Nc4cccc(N5CCOCC5)c4)ccc3C)cc2)n1. The van der Waals surface area contributed by atoms with Crippen LogP contribution in [0, 0.1) is 13.8 Å². The monoisotopic (exact) mass is 454 g/mol. The number of rotatable bonds is 5. The zero-order valence-electron chi connectivity index (χ0n) is 19.2. The minimum absolute atomic E-state index is 0.140.